The molecule has 0 radical (unpaired) electrons. The van der Waals surface area contributed by atoms with Gasteiger partial charge in [-0.2, -0.15) is 0 Å². The van der Waals surface area contributed by atoms with Crippen molar-refractivity contribution in [2.24, 2.45) is 5.92 Å². The molecule has 0 saturated carbocycles. The van der Waals surface area contributed by atoms with Crippen LogP contribution in [0.25, 0.3) is 0 Å². The van der Waals surface area contributed by atoms with E-state index in [2.05, 4.69) is 32.9 Å². The van der Waals surface area contributed by atoms with Crippen LogP contribution in [0.3, 0.4) is 0 Å². The third kappa shape index (κ3) is 2.22. The Labute approximate surface area is 109 Å². The number of benzene rings is 1. The molecule has 0 aromatic heterocycles. The third-order valence-corrected chi connectivity index (χ3v) is 3.95. The van der Waals surface area contributed by atoms with E-state index in [-0.39, 0.29) is 12.1 Å². The van der Waals surface area contributed by atoms with Crippen LogP contribution >= 0.6 is 0 Å². The second kappa shape index (κ2) is 5.01. The second-order valence-corrected chi connectivity index (χ2v) is 5.44. The molecule has 1 heterocycles. The molecule has 1 saturated heterocycles. The molecule has 98 valence electrons. The lowest BCUT2D eigenvalue weighted by Gasteiger charge is -2.24. The van der Waals surface area contributed by atoms with Crippen molar-refractivity contribution in [2.45, 2.75) is 32.9 Å². The minimum Gasteiger partial charge on any atom is -0.323 e. The highest BCUT2D eigenvalue weighted by molar-refractivity contribution is 5.77. The summed E-state index contributed by atoms with van der Waals surface area (Å²) in [6.07, 6.45) is 0. The number of carbonyl (C=O) groups is 1. The zero-order valence-electron chi connectivity index (χ0n) is 11.6. The highest BCUT2D eigenvalue weighted by Crippen LogP contribution is 2.28. The zero-order chi connectivity index (χ0) is 13.3. The average Bonchev–Trinajstić information content (AvgIpc) is 2.67. The summed E-state index contributed by atoms with van der Waals surface area (Å²) in [4.78, 5) is 16.1. The molecule has 18 heavy (non-hydrogen) atoms. The zero-order valence-corrected chi connectivity index (χ0v) is 11.6. The van der Waals surface area contributed by atoms with Crippen LogP contribution in [0, 0.1) is 5.92 Å². The van der Waals surface area contributed by atoms with Gasteiger partial charge in [0.2, 0.25) is 0 Å². The number of hydrogen-bond acceptors (Lipinski definition) is 1. The molecule has 0 spiro atoms. The van der Waals surface area contributed by atoms with Crippen molar-refractivity contribution in [3.05, 3.63) is 35.9 Å². The first-order chi connectivity index (χ1) is 8.52. The lowest BCUT2D eigenvalue weighted by Crippen LogP contribution is -2.34. The van der Waals surface area contributed by atoms with Crippen LogP contribution in [0.5, 0.6) is 0 Å². The summed E-state index contributed by atoms with van der Waals surface area (Å²) < 4.78 is 0. The van der Waals surface area contributed by atoms with Gasteiger partial charge in [-0.25, -0.2) is 4.79 Å². The van der Waals surface area contributed by atoms with Crippen LogP contribution in [0.15, 0.2) is 30.3 Å². The van der Waals surface area contributed by atoms with E-state index >= 15 is 0 Å². The van der Waals surface area contributed by atoms with E-state index in [9.17, 15) is 4.79 Å². The fourth-order valence-electron chi connectivity index (χ4n) is 2.64. The molecule has 0 unspecified atom stereocenters. The molecule has 1 aliphatic rings. The van der Waals surface area contributed by atoms with Gasteiger partial charge < -0.3 is 9.80 Å². The molecule has 2 rings (SSSR count). The lowest BCUT2D eigenvalue weighted by molar-refractivity contribution is 0.183. The topological polar surface area (TPSA) is 23.6 Å². The molecular formula is C15H22N2O. The van der Waals surface area contributed by atoms with Gasteiger partial charge in [-0.05, 0) is 18.4 Å². The summed E-state index contributed by atoms with van der Waals surface area (Å²) in [5, 5.41) is 0. The molecule has 1 fully saturated rings. The third-order valence-electron chi connectivity index (χ3n) is 3.95. The monoisotopic (exact) mass is 246 g/mol. The van der Waals surface area contributed by atoms with Gasteiger partial charge in [-0.15, -0.1) is 0 Å². The summed E-state index contributed by atoms with van der Waals surface area (Å²) in [5.74, 6) is 0.493. The molecule has 0 bridgehead atoms. The normalized spacial score (nSPS) is 21.8. The highest BCUT2D eigenvalue weighted by Gasteiger charge is 2.38. The maximum Gasteiger partial charge on any atom is 0.320 e. The van der Waals surface area contributed by atoms with Crippen LogP contribution < -0.4 is 0 Å². The first-order valence-corrected chi connectivity index (χ1v) is 6.60. The predicted molar refractivity (Wildman–Crippen MR) is 73.3 cm³/mol. The first-order valence-electron chi connectivity index (χ1n) is 6.60. The Morgan fingerprint density at radius 3 is 2.28 bits per heavy atom. The number of rotatable bonds is 3. The number of amides is 2. The molecule has 0 aliphatic carbocycles. The van der Waals surface area contributed by atoms with E-state index < -0.39 is 0 Å². The molecule has 1 aromatic carbocycles. The fraction of sp³-hybridized carbons (Fsp3) is 0.533. The van der Waals surface area contributed by atoms with E-state index in [0.717, 1.165) is 6.54 Å². The molecule has 3 heteroatoms. The minimum atomic E-state index is 0.143. The van der Waals surface area contributed by atoms with Crippen LogP contribution in [-0.2, 0) is 0 Å². The van der Waals surface area contributed by atoms with Gasteiger partial charge in [0.05, 0.1) is 12.1 Å². The Bertz CT molecular complexity index is 416. The van der Waals surface area contributed by atoms with Gasteiger partial charge in [0.15, 0.2) is 0 Å². The second-order valence-electron chi connectivity index (χ2n) is 5.44. The Hall–Kier alpha value is -1.51. The number of urea groups is 1. The number of likely N-dealkylation sites (N-methyl/N-ethyl adjacent to an activating group) is 1. The molecular weight excluding hydrogens is 224 g/mol. The quantitative estimate of drug-likeness (QED) is 0.803. The molecule has 2 amide bonds. The smallest absolute Gasteiger partial charge is 0.320 e. The number of nitrogens with zero attached hydrogens (tertiary/aromatic N) is 2. The van der Waals surface area contributed by atoms with Crippen molar-refractivity contribution >= 4 is 6.03 Å². The van der Waals surface area contributed by atoms with Crippen molar-refractivity contribution < 1.29 is 4.79 Å². The summed E-state index contributed by atoms with van der Waals surface area (Å²) in [6, 6.07) is 10.8. The van der Waals surface area contributed by atoms with Gasteiger partial charge >= 0.3 is 6.03 Å². The lowest BCUT2D eigenvalue weighted by atomic mass is 10.0. The highest BCUT2D eigenvalue weighted by atomic mass is 16.2. The van der Waals surface area contributed by atoms with Gasteiger partial charge in [0.25, 0.3) is 0 Å². The Morgan fingerprint density at radius 2 is 1.78 bits per heavy atom. The van der Waals surface area contributed by atoms with Gasteiger partial charge in [-0.1, -0.05) is 44.2 Å². The van der Waals surface area contributed by atoms with E-state index in [1.807, 2.05) is 35.0 Å². The molecule has 3 nitrogen and oxygen atoms in total. The van der Waals surface area contributed by atoms with Crippen LogP contribution in [0.2, 0.25) is 0 Å². The summed E-state index contributed by atoms with van der Waals surface area (Å²) in [7, 11) is 1.91. The van der Waals surface area contributed by atoms with Crippen molar-refractivity contribution in [3.63, 3.8) is 0 Å². The van der Waals surface area contributed by atoms with Crippen molar-refractivity contribution in [1.29, 1.82) is 0 Å². The standard InChI is InChI=1S/C15H22N2O/c1-11(2)14-10-17(15(18)16(14)4)12(3)13-8-6-5-7-9-13/h5-9,11-12,14H,10H2,1-4H3/t12-,14-/m1/s1. The van der Waals surface area contributed by atoms with E-state index in [1.54, 1.807) is 0 Å². The van der Waals surface area contributed by atoms with E-state index in [1.165, 1.54) is 5.56 Å². The maximum absolute atomic E-state index is 12.3. The largest absolute Gasteiger partial charge is 0.323 e. The Morgan fingerprint density at radius 1 is 1.17 bits per heavy atom. The Balaban J connectivity index is 2.18. The molecule has 2 atom stereocenters. The predicted octanol–water partition coefficient (Wildman–Crippen LogP) is 3.14. The summed E-state index contributed by atoms with van der Waals surface area (Å²) >= 11 is 0. The molecule has 0 N–H and O–H groups in total. The van der Waals surface area contributed by atoms with Crippen molar-refractivity contribution in [1.82, 2.24) is 9.80 Å². The fourth-order valence-corrected chi connectivity index (χ4v) is 2.64. The van der Waals surface area contributed by atoms with Crippen LogP contribution in [0.4, 0.5) is 4.79 Å². The number of hydrogen-bond donors (Lipinski definition) is 0. The average molecular weight is 246 g/mol. The molecule has 1 aliphatic heterocycles. The Kier molecular flexibility index (Phi) is 3.60. The van der Waals surface area contributed by atoms with Gasteiger partial charge in [0, 0.05) is 13.6 Å². The van der Waals surface area contributed by atoms with Crippen molar-refractivity contribution in [3.8, 4) is 0 Å². The first kappa shape index (κ1) is 12.9. The van der Waals surface area contributed by atoms with Gasteiger partial charge in [0.1, 0.15) is 0 Å². The van der Waals surface area contributed by atoms with Crippen LogP contribution in [0.1, 0.15) is 32.4 Å². The van der Waals surface area contributed by atoms with Crippen LogP contribution in [-0.4, -0.2) is 35.5 Å². The summed E-state index contributed by atoms with van der Waals surface area (Å²) in [5.41, 5.74) is 1.20. The SMILES string of the molecule is CC(C)[C@H]1CN([C@H](C)c2ccccc2)C(=O)N1C. The van der Waals surface area contributed by atoms with Gasteiger partial charge in [-0.3, -0.25) is 0 Å². The summed E-state index contributed by atoms with van der Waals surface area (Å²) in [6.45, 7) is 7.27. The van der Waals surface area contributed by atoms with E-state index in [4.69, 9.17) is 0 Å². The van der Waals surface area contributed by atoms with Crippen molar-refractivity contribution in [2.75, 3.05) is 13.6 Å². The molecule has 1 aromatic rings. The minimum absolute atomic E-state index is 0.143. The maximum atomic E-state index is 12.3. The van der Waals surface area contributed by atoms with E-state index in [0.29, 0.717) is 12.0 Å². The number of carbonyl (C=O) groups excluding carboxylic acids is 1.